The first kappa shape index (κ1) is 14.7. The number of aryl methyl sites for hydroxylation is 1. The van der Waals surface area contributed by atoms with Crippen LogP contribution in [-0.4, -0.2) is 41.3 Å². The van der Waals surface area contributed by atoms with E-state index in [1.807, 2.05) is 0 Å². The molecule has 0 saturated carbocycles. The van der Waals surface area contributed by atoms with Gasteiger partial charge in [0.05, 0.1) is 13.3 Å². The van der Waals surface area contributed by atoms with Crippen molar-refractivity contribution < 1.29 is 28.8 Å². The number of carboxylic acids is 1. The Kier molecular flexibility index (Phi) is 5.04. The molecule has 1 aromatic rings. The number of methoxy groups -OCH3 is 1. The third kappa shape index (κ3) is 4.09. The van der Waals surface area contributed by atoms with Gasteiger partial charge in [0, 0.05) is 12.0 Å². The molecule has 1 aromatic heterocycles. The molecule has 19 heavy (non-hydrogen) atoms. The smallest absolute Gasteiger partial charge is 0.326 e. The summed E-state index contributed by atoms with van der Waals surface area (Å²) in [6.45, 7) is 1.61. The van der Waals surface area contributed by atoms with Gasteiger partial charge in [0.25, 0.3) is 5.91 Å². The Morgan fingerprint density at radius 1 is 1.53 bits per heavy atom. The van der Waals surface area contributed by atoms with E-state index in [1.54, 1.807) is 6.92 Å². The van der Waals surface area contributed by atoms with Gasteiger partial charge in [0.2, 0.25) is 5.76 Å². The summed E-state index contributed by atoms with van der Waals surface area (Å²) in [5.41, 5.74) is 0.495. The highest BCUT2D eigenvalue weighted by molar-refractivity contribution is 5.95. The standard InChI is InChI=1S/C11H14N2O6/c1-6-5-12-19-9(6)10(15)13-7(11(16)17)3-4-8(14)18-2/h5,7H,3-4H2,1-2H3,(H,13,15)(H,16,17)/t7-/m1/s1. The Balaban J connectivity index is 2.64. The Hall–Kier alpha value is -2.38. The quantitative estimate of drug-likeness (QED) is 0.704. The maximum Gasteiger partial charge on any atom is 0.326 e. The second kappa shape index (κ2) is 6.53. The first-order chi connectivity index (χ1) is 8.95. The van der Waals surface area contributed by atoms with E-state index >= 15 is 0 Å². The normalized spacial score (nSPS) is 11.7. The molecule has 0 radical (unpaired) electrons. The summed E-state index contributed by atoms with van der Waals surface area (Å²) >= 11 is 0. The van der Waals surface area contributed by atoms with Gasteiger partial charge >= 0.3 is 11.9 Å². The van der Waals surface area contributed by atoms with Gasteiger partial charge in [-0.1, -0.05) is 5.16 Å². The zero-order valence-corrected chi connectivity index (χ0v) is 10.5. The van der Waals surface area contributed by atoms with Crippen molar-refractivity contribution in [3.05, 3.63) is 17.5 Å². The fraction of sp³-hybridized carbons (Fsp3) is 0.455. The van der Waals surface area contributed by atoms with Crippen LogP contribution in [-0.2, 0) is 14.3 Å². The van der Waals surface area contributed by atoms with Gasteiger partial charge < -0.3 is 19.7 Å². The van der Waals surface area contributed by atoms with Crippen molar-refractivity contribution in [2.75, 3.05) is 7.11 Å². The number of hydrogen-bond acceptors (Lipinski definition) is 6. The number of aliphatic carboxylic acids is 1. The summed E-state index contributed by atoms with van der Waals surface area (Å²) in [4.78, 5) is 33.7. The SMILES string of the molecule is COC(=O)CC[C@@H](NC(=O)c1oncc1C)C(=O)O. The lowest BCUT2D eigenvalue weighted by molar-refractivity contribution is -0.142. The molecule has 1 amide bonds. The number of carboxylic acid groups (broad SMARTS) is 1. The molecular formula is C11H14N2O6. The van der Waals surface area contributed by atoms with Crippen molar-refractivity contribution in [2.45, 2.75) is 25.8 Å². The minimum Gasteiger partial charge on any atom is -0.480 e. The average molecular weight is 270 g/mol. The van der Waals surface area contributed by atoms with Gasteiger partial charge in [-0.2, -0.15) is 0 Å². The van der Waals surface area contributed by atoms with Gasteiger partial charge in [0.15, 0.2) is 0 Å². The lowest BCUT2D eigenvalue weighted by Crippen LogP contribution is -2.41. The van der Waals surface area contributed by atoms with E-state index in [-0.39, 0.29) is 18.6 Å². The maximum absolute atomic E-state index is 11.7. The maximum atomic E-state index is 11.7. The number of carbonyl (C=O) groups excluding carboxylic acids is 2. The third-order valence-electron chi connectivity index (χ3n) is 2.42. The first-order valence-corrected chi connectivity index (χ1v) is 5.47. The Morgan fingerprint density at radius 3 is 2.68 bits per heavy atom. The number of esters is 1. The average Bonchev–Trinajstić information content (AvgIpc) is 2.79. The van der Waals surface area contributed by atoms with Gasteiger partial charge in [-0.15, -0.1) is 0 Å². The second-order valence-corrected chi connectivity index (χ2v) is 3.82. The molecule has 8 heteroatoms. The van der Waals surface area contributed by atoms with Crippen LogP contribution in [0.15, 0.2) is 10.7 Å². The van der Waals surface area contributed by atoms with Crippen molar-refractivity contribution in [3.63, 3.8) is 0 Å². The van der Waals surface area contributed by atoms with Crippen LogP contribution in [0.1, 0.15) is 29.0 Å². The zero-order valence-electron chi connectivity index (χ0n) is 10.5. The van der Waals surface area contributed by atoms with Crippen LogP contribution in [0.3, 0.4) is 0 Å². The molecule has 0 unspecified atom stereocenters. The number of nitrogens with zero attached hydrogens (tertiary/aromatic N) is 1. The molecule has 104 valence electrons. The fourth-order valence-electron chi connectivity index (χ4n) is 1.35. The van der Waals surface area contributed by atoms with E-state index in [1.165, 1.54) is 13.3 Å². The van der Waals surface area contributed by atoms with Crippen LogP contribution < -0.4 is 5.32 Å². The molecule has 1 rings (SSSR count). The van der Waals surface area contributed by atoms with E-state index in [4.69, 9.17) is 9.63 Å². The fourth-order valence-corrected chi connectivity index (χ4v) is 1.35. The Labute approximate surface area is 108 Å². The van der Waals surface area contributed by atoms with Crippen molar-refractivity contribution in [1.82, 2.24) is 10.5 Å². The van der Waals surface area contributed by atoms with Gasteiger partial charge in [-0.3, -0.25) is 9.59 Å². The van der Waals surface area contributed by atoms with Gasteiger partial charge in [0.1, 0.15) is 6.04 Å². The number of hydrogen-bond donors (Lipinski definition) is 2. The molecular weight excluding hydrogens is 256 g/mol. The van der Waals surface area contributed by atoms with E-state index in [0.29, 0.717) is 5.56 Å². The summed E-state index contributed by atoms with van der Waals surface area (Å²) in [6, 6.07) is -1.20. The molecule has 0 aliphatic carbocycles. The molecule has 1 heterocycles. The summed E-state index contributed by atoms with van der Waals surface area (Å²) < 4.78 is 9.11. The predicted molar refractivity (Wildman–Crippen MR) is 61.4 cm³/mol. The highest BCUT2D eigenvalue weighted by Crippen LogP contribution is 2.07. The number of rotatable bonds is 6. The summed E-state index contributed by atoms with van der Waals surface area (Å²) in [6.07, 6.45) is 1.17. The van der Waals surface area contributed by atoms with Crippen LogP contribution in [0.5, 0.6) is 0 Å². The summed E-state index contributed by atoms with van der Waals surface area (Å²) in [7, 11) is 1.20. The number of ether oxygens (including phenoxy) is 1. The number of nitrogens with one attached hydrogen (secondary N) is 1. The molecule has 0 spiro atoms. The molecule has 0 saturated heterocycles. The van der Waals surface area contributed by atoms with Crippen LogP contribution in [0.25, 0.3) is 0 Å². The summed E-state index contributed by atoms with van der Waals surface area (Å²) in [5, 5.41) is 14.6. The minimum absolute atomic E-state index is 0.0516. The molecule has 0 aliphatic heterocycles. The minimum atomic E-state index is -1.24. The Morgan fingerprint density at radius 2 is 2.21 bits per heavy atom. The predicted octanol–water partition coefficient (Wildman–Crippen LogP) is 0.119. The van der Waals surface area contributed by atoms with Gasteiger partial charge in [-0.05, 0) is 13.3 Å². The molecule has 0 aromatic carbocycles. The summed E-state index contributed by atoms with van der Waals surface area (Å²) in [5.74, 6) is -2.53. The number of aromatic nitrogens is 1. The van der Waals surface area contributed by atoms with Crippen molar-refractivity contribution in [2.24, 2.45) is 0 Å². The highest BCUT2D eigenvalue weighted by atomic mass is 16.5. The van der Waals surface area contributed by atoms with Crippen molar-refractivity contribution in [1.29, 1.82) is 0 Å². The highest BCUT2D eigenvalue weighted by Gasteiger charge is 2.24. The molecule has 8 nitrogen and oxygen atoms in total. The number of carbonyl (C=O) groups is 3. The monoisotopic (exact) mass is 270 g/mol. The Bertz CT molecular complexity index is 481. The molecule has 0 bridgehead atoms. The van der Waals surface area contributed by atoms with E-state index in [2.05, 4.69) is 15.2 Å². The molecule has 2 N–H and O–H groups in total. The molecule has 0 fully saturated rings. The lowest BCUT2D eigenvalue weighted by atomic mass is 10.1. The topological polar surface area (TPSA) is 119 Å². The van der Waals surface area contributed by atoms with Crippen molar-refractivity contribution >= 4 is 17.8 Å². The first-order valence-electron chi connectivity index (χ1n) is 5.47. The van der Waals surface area contributed by atoms with E-state index in [0.717, 1.165) is 0 Å². The van der Waals surface area contributed by atoms with Crippen LogP contribution in [0.4, 0.5) is 0 Å². The van der Waals surface area contributed by atoms with Crippen LogP contribution in [0, 0.1) is 6.92 Å². The number of amides is 1. The van der Waals surface area contributed by atoms with Crippen LogP contribution in [0.2, 0.25) is 0 Å². The van der Waals surface area contributed by atoms with Gasteiger partial charge in [-0.25, -0.2) is 4.79 Å². The van der Waals surface area contributed by atoms with Crippen molar-refractivity contribution in [3.8, 4) is 0 Å². The lowest BCUT2D eigenvalue weighted by Gasteiger charge is -2.12. The molecule has 1 atom stereocenters. The largest absolute Gasteiger partial charge is 0.480 e. The molecule has 0 aliphatic rings. The second-order valence-electron chi connectivity index (χ2n) is 3.82. The third-order valence-corrected chi connectivity index (χ3v) is 2.42. The zero-order chi connectivity index (χ0) is 14.4. The van der Waals surface area contributed by atoms with E-state index in [9.17, 15) is 14.4 Å². The van der Waals surface area contributed by atoms with E-state index < -0.39 is 23.9 Å². The van der Waals surface area contributed by atoms with Crippen LogP contribution >= 0.6 is 0 Å².